The zero-order valence-electron chi connectivity index (χ0n) is 10.0. The number of benzene rings is 1. The lowest BCUT2D eigenvalue weighted by Crippen LogP contribution is -1.97. The van der Waals surface area contributed by atoms with E-state index in [4.69, 9.17) is 4.74 Å². The Hall–Kier alpha value is -0.110. The highest BCUT2D eigenvalue weighted by atomic mass is 127. The fourth-order valence-electron chi connectivity index (χ4n) is 1.80. The maximum absolute atomic E-state index is 5.76. The number of pyridine rings is 1. The fourth-order valence-corrected chi connectivity index (χ4v) is 2.95. The molecule has 1 heterocycles. The SMILES string of the molecule is ICCCCOc1ccc2c(CI)nccc2c1. The van der Waals surface area contributed by atoms with Crippen molar-refractivity contribution >= 4 is 56.0 Å². The zero-order valence-corrected chi connectivity index (χ0v) is 14.3. The summed E-state index contributed by atoms with van der Waals surface area (Å²) in [5.74, 6) is 0.960. The second-order valence-electron chi connectivity index (χ2n) is 4.02. The van der Waals surface area contributed by atoms with Crippen LogP contribution in [0.25, 0.3) is 10.8 Å². The monoisotopic (exact) mass is 467 g/mol. The van der Waals surface area contributed by atoms with Crippen LogP contribution in [0.5, 0.6) is 5.75 Å². The summed E-state index contributed by atoms with van der Waals surface area (Å²) in [7, 11) is 0. The lowest BCUT2D eigenvalue weighted by atomic mass is 10.1. The van der Waals surface area contributed by atoms with Gasteiger partial charge in [0.1, 0.15) is 5.75 Å². The molecule has 0 aliphatic heterocycles. The summed E-state index contributed by atoms with van der Waals surface area (Å²) in [5, 5.41) is 2.44. The first kappa shape index (κ1) is 14.3. The van der Waals surface area contributed by atoms with Crippen LogP contribution < -0.4 is 4.74 Å². The number of halogens is 2. The van der Waals surface area contributed by atoms with Gasteiger partial charge in [-0.1, -0.05) is 45.2 Å². The van der Waals surface area contributed by atoms with Crippen LogP contribution in [0.1, 0.15) is 18.5 Å². The summed E-state index contributed by atoms with van der Waals surface area (Å²) >= 11 is 4.75. The van der Waals surface area contributed by atoms with Gasteiger partial charge in [-0.15, -0.1) is 0 Å². The molecule has 0 atom stereocenters. The van der Waals surface area contributed by atoms with E-state index in [0.29, 0.717) is 0 Å². The van der Waals surface area contributed by atoms with Gasteiger partial charge in [-0.25, -0.2) is 0 Å². The first-order chi connectivity index (χ1) is 8.85. The molecule has 1 aromatic heterocycles. The minimum Gasteiger partial charge on any atom is -0.494 e. The van der Waals surface area contributed by atoms with Crippen LogP contribution in [-0.2, 0) is 4.43 Å². The Labute approximate surface area is 135 Å². The van der Waals surface area contributed by atoms with Crippen molar-refractivity contribution in [2.75, 3.05) is 11.0 Å². The molecule has 0 aliphatic carbocycles. The predicted octanol–water partition coefficient (Wildman–Crippen LogP) is 4.76. The third-order valence-corrected chi connectivity index (χ3v) is 4.23. The van der Waals surface area contributed by atoms with Gasteiger partial charge < -0.3 is 4.74 Å². The Morgan fingerprint density at radius 1 is 1.11 bits per heavy atom. The number of ether oxygens (including phenoxy) is 1. The second-order valence-corrected chi connectivity index (χ2v) is 5.86. The van der Waals surface area contributed by atoms with Crippen LogP contribution in [0.3, 0.4) is 0 Å². The minimum absolute atomic E-state index is 0.804. The number of nitrogens with zero attached hydrogens (tertiary/aromatic N) is 1. The summed E-state index contributed by atoms with van der Waals surface area (Å²) < 4.78 is 7.90. The number of unbranched alkanes of at least 4 members (excludes halogenated alkanes) is 1. The number of alkyl halides is 2. The van der Waals surface area contributed by atoms with E-state index in [1.54, 1.807) is 0 Å². The van der Waals surface area contributed by atoms with Gasteiger partial charge in [0, 0.05) is 16.0 Å². The number of hydrogen-bond acceptors (Lipinski definition) is 2. The molecule has 2 nitrogen and oxygen atoms in total. The second kappa shape index (κ2) is 7.47. The maximum Gasteiger partial charge on any atom is 0.119 e. The summed E-state index contributed by atoms with van der Waals surface area (Å²) in [4.78, 5) is 4.39. The van der Waals surface area contributed by atoms with Crippen molar-refractivity contribution in [1.82, 2.24) is 4.98 Å². The van der Waals surface area contributed by atoms with E-state index in [2.05, 4.69) is 62.3 Å². The minimum atomic E-state index is 0.804. The number of hydrogen-bond donors (Lipinski definition) is 0. The molecule has 0 saturated carbocycles. The first-order valence-corrected chi connectivity index (χ1v) is 9.02. The lowest BCUT2D eigenvalue weighted by Gasteiger charge is -2.08. The van der Waals surface area contributed by atoms with Crippen molar-refractivity contribution in [1.29, 1.82) is 0 Å². The molecule has 0 amide bonds. The van der Waals surface area contributed by atoms with Gasteiger partial charge in [-0.2, -0.15) is 0 Å². The van der Waals surface area contributed by atoms with Crippen LogP contribution in [-0.4, -0.2) is 16.0 Å². The Morgan fingerprint density at radius 3 is 2.78 bits per heavy atom. The molecule has 0 unspecified atom stereocenters. The third-order valence-electron chi connectivity index (χ3n) is 2.74. The Morgan fingerprint density at radius 2 is 2.00 bits per heavy atom. The highest BCUT2D eigenvalue weighted by Gasteiger charge is 2.02. The van der Waals surface area contributed by atoms with Crippen molar-refractivity contribution in [3.8, 4) is 5.75 Å². The van der Waals surface area contributed by atoms with E-state index in [0.717, 1.165) is 28.9 Å². The predicted molar refractivity (Wildman–Crippen MR) is 93.1 cm³/mol. The summed E-state index contributed by atoms with van der Waals surface area (Å²) in [6.45, 7) is 0.804. The molecule has 0 fully saturated rings. The van der Waals surface area contributed by atoms with E-state index >= 15 is 0 Å². The molecule has 0 aliphatic rings. The van der Waals surface area contributed by atoms with E-state index in [1.807, 2.05) is 18.3 Å². The van der Waals surface area contributed by atoms with Crippen molar-refractivity contribution in [3.63, 3.8) is 0 Å². The average Bonchev–Trinajstić information content (AvgIpc) is 2.42. The fraction of sp³-hybridized carbons (Fsp3) is 0.357. The van der Waals surface area contributed by atoms with Crippen LogP contribution in [0.4, 0.5) is 0 Å². The zero-order chi connectivity index (χ0) is 12.8. The summed E-state index contributed by atoms with van der Waals surface area (Å²) in [5.41, 5.74) is 1.14. The van der Waals surface area contributed by atoms with Gasteiger partial charge in [0.15, 0.2) is 0 Å². The van der Waals surface area contributed by atoms with Crippen molar-refractivity contribution < 1.29 is 4.74 Å². The molecular formula is C14H15I2NO. The molecule has 0 radical (unpaired) electrons. The van der Waals surface area contributed by atoms with E-state index < -0.39 is 0 Å². The molecular weight excluding hydrogens is 452 g/mol. The van der Waals surface area contributed by atoms with Gasteiger partial charge in [0.05, 0.1) is 12.3 Å². The molecule has 2 aromatic rings. The quantitative estimate of drug-likeness (QED) is 0.347. The Bertz CT molecular complexity index is 516. The molecule has 0 saturated heterocycles. The van der Waals surface area contributed by atoms with Crippen molar-refractivity contribution in [3.05, 3.63) is 36.2 Å². The summed E-state index contributed by atoms with van der Waals surface area (Å²) in [6.07, 6.45) is 4.21. The average molecular weight is 467 g/mol. The van der Waals surface area contributed by atoms with Gasteiger partial charge in [-0.3, -0.25) is 4.98 Å². The molecule has 0 spiro atoms. The van der Waals surface area contributed by atoms with Gasteiger partial charge in [0.2, 0.25) is 0 Å². The first-order valence-electron chi connectivity index (χ1n) is 5.97. The van der Waals surface area contributed by atoms with E-state index in [-0.39, 0.29) is 0 Å². The van der Waals surface area contributed by atoms with Crippen LogP contribution in [0.2, 0.25) is 0 Å². The highest BCUT2D eigenvalue weighted by molar-refractivity contribution is 14.1. The van der Waals surface area contributed by atoms with Gasteiger partial charge in [-0.05, 0) is 46.9 Å². The van der Waals surface area contributed by atoms with Gasteiger partial charge >= 0.3 is 0 Å². The molecule has 0 bridgehead atoms. The number of aromatic nitrogens is 1. The maximum atomic E-state index is 5.76. The molecule has 2 rings (SSSR count). The Balaban J connectivity index is 2.12. The normalized spacial score (nSPS) is 10.8. The third kappa shape index (κ3) is 3.69. The van der Waals surface area contributed by atoms with Crippen LogP contribution >= 0.6 is 45.2 Å². The van der Waals surface area contributed by atoms with E-state index in [1.165, 1.54) is 21.6 Å². The molecule has 18 heavy (non-hydrogen) atoms. The highest BCUT2D eigenvalue weighted by Crippen LogP contribution is 2.24. The Kier molecular flexibility index (Phi) is 5.94. The standard InChI is InChI=1S/C14H15I2NO/c15-6-1-2-8-18-12-3-4-13-11(9-12)5-7-17-14(13)10-16/h3-5,7,9H,1-2,6,8,10H2. The van der Waals surface area contributed by atoms with Crippen LogP contribution in [0.15, 0.2) is 30.5 Å². The smallest absolute Gasteiger partial charge is 0.119 e. The van der Waals surface area contributed by atoms with Gasteiger partial charge in [0.25, 0.3) is 0 Å². The molecule has 4 heteroatoms. The molecule has 96 valence electrons. The van der Waals surface area contributed by atoms with Crippen molar-refractivity contribution in [2.45, 2.75) is 17.3 Å². The van der Waals surface area contributed by atoms with Crippen LogP contribution in [0, 0.1) is 0 Å². The topological polar surface area (TPSA) is 22.1 Å². The summed E-state index contributed by atoms with van der Waals surface area (Å²) in [6, 6.07) is 8.31. The molecule has 1 aromatic carbocycles. The lowest BCUT2D eigenvalue weighted by molar-refractivity contribution is 0.310. The largest absolute Gasteiger partial charge is 0.494 e. The number of rotatable bonds is 6. The molecule has 0 N–H and O–H groups in total. The van der Waals surface area contributed by atoms with Crippen molar-refractivity contribution in [2.24, 2.45) is 0 Å². The number of fused-ring (bicyclic) bond motifs is 1. The van der Waals surface area contributed by atoms with E-state index in [9.17, 15) is 0 Å².